The second-order valence-electron chi connectivity index (χ2n) is 10.6. The molecule has 1 atom stereocenters. The predicted octanol–water partition coefficient (Wildman–Crippen LogP) is 5.30. The summed E-state index contributed by atoms with van der Waals surface area (Å²) < 4.78 is 10.3. The van der Waals surface area contributed by atoms with Gasteiger partial charge >= 0.3 is 12.1 Å². The fourth-order valence-electron chi connectivity index (χ4n) is 3.66. The van der Waals surface area contributed by atoms with Crippen LogP contribution in [0.1, 0.15) is 63.0 Å². The van der Waals surface area contributed by atoms with Crippen LogP contribution >= 0.6 is 11.8 Å². The minimum absolute atomic E-state index is 0.0119. The van der Waals surface area contributed by atoms with Gasteiger partial charge in [-0.15, -0.1) is 11.8 Å². The van der Waals surface area contributed by atoms with E-state index in [1.807, 2.05) is 18.2 Å². The Morgan fingerprint density at radius 3 is 2.29 bits per heavy atom. The first-order valence-electron chi connectivity index (χ1n) is 11.5. The number of ether oxygens (including phenoxy) is 2. The van der Waals surface area contributed by atoms with Crippen molar-refractivity contribution in [2.24, 2.45) is 0 Å². The van der Waals surface area contributed by atoms with Crippen molar-refractivity contribution >= 4 is 35.4 Å². The third-order valence-electron chi connectivity index (χ3n) is 5.49. The zero-order valence-electron chi connectivity index (χ0n) is 21.4. The standard InChI is InChI=1S/C27H34N2O5S/c1-26(2,3)19-11-8-17(9-12-19)15-29-21-14-18(24(31)33-7)10-13-22(21)35-16-20(23(29)30)28-25(32)34-27(4,5)6/h8-14,20H,15-16H2,1-7H3,(H,28,32)/t20-/m0/s1. The van der Waals surface area contributed by atoms with Crippen LogP contribution in [0.25, 0.3) is 0 Å². The molecule has 35 heavy (non-hydrogen) atoms. The van der Waals surface area contributed by atoms with Gasteiger partial charge in [-0.25, -0.2) is 9.59 Å². The summed E-state index contributed by atoms with van der Waals surface area (Å²) in [6, 6.07) is 12.5. The number of hydrogen-bond donors (Lipinski definition) is 1. The van der Waals surface area contributed by atoms with E-state index in [0.717, 1.165) is 10.5 Å². The Morgan fingerprint density at radius 1 is 1.06 bits per heavy atom. The van der Waals surface area contributed by atoms with Gasteiger partial charge in [-0.3, -0.25) is 4.79 Å². The molecule has 8 heteroatoms. The van der Waals surface area contributed by atoms with Crippen LogP contribution in [0, 0.1) is 0 Å². The Labute approximate surface area is 211 Å². The summed E-state index contributed by atoms with van der Waals surface area (Å²) in [5.74, 6) is -0.418. The van der Waals surface area contributed by atoms with Crippen molar-refractivity contribution in [1.82, 2.24) is 5.32 Å². The molecule has 1 N–H and O–H groups in total. The number of nitrogens with one attached hydrogen (secondary N) is 1. The van der Waals surface area contributed by atoms with Crippen molar-refractivity contribution in [3.05, 3.63) is 59.2 Å². The van der Waals surface area contributed by atoms with Crippen LogP contribution in [0.5, 0.6) is 0 Å². The van der Waals surface area contributed by atoms with Crippen LogP contribution in [-0.2, 0) is 26.2 Å². The van der Waals surface area contributed by atoms with Gasteiger partial charge in [0.2, 0.25) is 0 Å². The van der Waals surface area contributed by atoms with Gasteiger partial charge in [-0.2, -0.15) is 0 Å². The Morgan fingerprint density at radius 2 is 1.71 bits per heavy atom. The van der Waals surface area contributed by atoms with Gasteiger partial charge < -0.3 is 19.7 Å². The van der Waals surface area contributed by atoms with Gasteiger partial charge in [0.15, 0.2) is 0 Å². The fraction of sp³-hybridized carbons (Fsp3) is 0.444. The molecule has 0 aromatic heterocycles. The summed E-state index contributed by atoms with van der Waals surface area (Å²) in [6.45, 7) is 12.0. The SMILES string of the molecule is COC(=O)c1ccc2c(c1)N(Cc1ccc(C(C)(C)C)cc1)C(=O)[C@@H](NC(=O)OC(C)(C)C)CS2. The van der Waals surface area contributed by atoms with Gasteiger partial charge in [0.1, 0.15) is 11.6 Å². The molecule has 1 aliphatic rings. The van der Waals surface area contributed by atoms with Gasteiger partial charge in [-0.1, -0.05) is 45.0 Å². The molecule has 7 nitrogen and oxygen atoms in total. The average Bonchev–Trinajstić information content (AvgIpc) is 2.89. The smallest absolute Gasteiger partial charge is 0.408 e. The monoisotopic (exact) mass is 498 g/mol. The van der Waals surface area contributed by atoms with E-state index in [9.17, 15) is 14.4 Å². The summed E-state index contributed by atoms with van der Waals surface area (Å²) in [4.78, 5) is 40.8. The number of amides is 2. The lowest BCUT2D eigenvalue weighted by molar-refractivity contribution is -0.120. The Bertz CT molecular complexity index is 1100. The zero-order chi connectivity index (χ0) is 26.0. The Kier molecular flexibility index (Phi) is 7.84. The molecule has 1 aliphatic heterocycles. The summed E-state index contributed by atoms with van der Waals surface area (Å²) >= 11 is 1.44. The van der Waals surface area contributed by atoms with Crippen molar-refractivity contribution in [3.63, 3.8) is 0 Å². The number of carbonyl (C=O) groups excluding carboxylic acids is 3. The second kappa shape index (κ2) is 10.3. The molecule has 0 aliphatic carbocycles. The average molecular weight is 499 g/mol. The normalized spacial score (nSPS) is 16.3. The molecule has 0 spiro atoms. The first-order valence-corrected chi connectivity index (χ1v) is 12.5. The molecule has 0 radical (unpaired) electrons. The first kappa shape index (κ1) is 26.6. The van der Waals surface area contributed by atoms with Gasteiger partial charge in [0, 0.05) is 10.6 Å². The molecule has 1 heterocycles. The Balaban J connectivity index is 1.97. The molecule has 2 amide bonds. The van der Waals surface area contributed by atoms with Crippen LogP contribution in [0.4, 0.5) is 10.5 Å². The fourth-order valence-corrected chi connectivity index (χ4v) is 4.71. The van der Waals surface area contributed by atoms with E-state index in [2.05, 4.69) is 38.2 Å². The van der Waals surface area contributed by atoms with Crippen molar-refractivity contribution in [2.45, 2.75) is 70.0 Å². The highest BCUT2D eigenvalue weighted by Crippen LogP contribution is 2.36. The minimum atomic E-state index is -0.794. The topological polar surface area (TPSA) is 84.9 Å². The van der Waals surface area contributed by atoms with Crippen molar-refractivity contribution < 1.29 is 23.9 Å². The number of thioether (sulfide) groups is 1. The van der Waals surface area contributed by atoms with Gasteiger partial charge in [0.25, 0.3) is 5.91 Å². The highest BCUT2D eigenvalue weighted by molar-refractivity contribution is 7.99. The molecule has 2 aromatic rings. The number of fused-ring (bicyclic) bond motifs is 1. The molecule has 2 aromatic carbocycles. The van der Waals surface area contributed by atoms with Crippen LogP contribution in [0.3, 0.4) is 0 Å². The lowest BCUT2D eigenvalue weighted by atomic mass is 9.87. The third-order valence-corrected chi connectivity index (χ3v) is 6.65. The molecule has 0 fully saturated rings. The summed E-state index contributed by atoms with van der Waals surface area (Å²) in [5.41, 5.74) is 2.42. The number of nitrogens with zero attached hydrogens (tertiary/aromatic N) is 1. The minimum Gasteiger partial charge on any atom is -0.465 e. The van der Waals surface area contributed by atoms with Crippen LogP contribution in [-0.4, -0.2) is 42.5 Å². The van der Waals surface area contributed by atoms with E-state index in [1.165, 1.54) is 24.4 Å². The summed E-state index contributed by atoms with van der Waals surface area (Å²) in [7, 11) is 1.32. The van der Waals surface area contributed by atoms with Crippen molar-refractivity contribution in [1.29, 1.82) is 0 Å². The largest absolute Gasteiger partial charge is 0.465 e. The number of alkyl carbamates (subject to hydrolysis) is 1. The maximum atomic E-state index is 13.7. The molecule has 0 saturated heterocycles. The molecule has 188 valence electrons. The third kappa shape index (κ3) is 6.78. The van der Waals surface area contributed by atoms with E-state index >= 15 is 0 Å². The van der Waals surface area contributed by atoms with E-state index in [0.29, 0.717) is 17.0 Å². The van der Waals surface area contributed by atoms with E-state index in [-0.39, 0.29) is 17.9 Å². The number of rotatable bonds is 4. The summed E-state index contributed by atoms with van der Waals surface area (Å²) in [5, 5.41) is 2.73. The summed E-state index contributed by atoms with van der Waals surface area (Å²) in [6.07, 6.45) is -0.646. The second-order valence-corrected chi connectivity index (χ2v) is 11.6. The lowest BCUT2D eigenvalue weighted by Crippen LogP contribution is -2.50. The number of methoxy groups -OCH3 is 1. The quantitative estimate of drug-likeness (QED) is 0.576. The van der Waals surface area contributed by atoms with E-state index in [4.69, 9.17) is 9.47 Å². The van der Waals surface area contributed by atoms with Crippen LogP contribution in [0.2, 0.25) is 0 Å². The number of anilines is 1. The molecular formula is C27H34N2O5S. The van der Waals surface area contributed by atoms with E-state index < -0.39 is 23.7 Å². The number of benzene rings is 2. The molecule has 0 saturated carbocycles. The van der Waals surface area contributed by atoms with E-state index in [1.54, 1.807) is 37.8 Å². The van der Waals surface area contributed by atoms with Crippen molar-refractivity contribution in [2.75, 3.05) is 17.8 Å². The maximum absolute atomic E-state index is 13.7. The van der Waals surface area contributed by atoms with Crippen LogP contribution < -0.4 is 10.2 Å². The molecule has 0 unspecified atom stereocenters. The number of esters is 1. The molecule has 3 rings (SSSR count). The lowest BCUT2D eigenvalue weighted by Gasteiger charge is -2.27. The highest BCUT2D eigenvalue weighted by Gasteiger charge is 2.33. The highest BCUT2D eigenvalue weighted by atomic mass is 32.2. The number of carbonyl (C=O) groups is 3. The predicted molar refractivity (Wildman–Crippen MR) is 138 cm³/mol. The van der Waals surface area contributed by atoms with Crippen LogP contribution in [0.15, 0.2) is 47.4 Å². The maximum Gasteiger partial charge on any atom is 0.408 e. The first-order chi connectivity index (χ1) is 16.3. The van der Waals surface area contributed by atoms with Crippen molar-refractivity contribution in [3.8, 4) is 0 Å². The molecule has 0 bridgehead atoms. The molecular weight excluding hydrogens is 464 g/mol. The van der Waals surface area contributed by atoms with Gasteiger partial charge in [0.05, 0.1) is 24.9 Å². The zero-order valence-corrected chi connectivity index (χ0v) is 22.2. The number of hydrogen-bond acceptors (Lipinski definition) is 6. The Hall–Kier alpha value is -3.00. The van der Waals surface area contributed by atoms with Gasteiger partial charge in [-0.05, 0) is 55.5 Å².